The number of aryl methyl sites for hydroxylation is 2. The lowest BCUT2D eigenvalue weighted by molar-refractivity contribution is -0.123. The van der Waals surface area contributed by atoms with Crippen LogP contribution < -0.4 is 11.0 Å². The summed E-state index contributed by atoms with van der Waals surface area (Å²) in [4.78, 5) is 32.0. The molecule has 1 unspecified atom stereocenters. The number of halogens is 1. The molecule has 28 heavy (non-hydrogen) atoms. The first-order valence-corrected chi connectivity index (χ1v) is 10.3. The van der Waals surface area contributed by atoms with E-state index in [4.69, 9.17) is 11.6 Å². The molecule has 8 heteroatoms. The topological polar surface area (TPSA) is 76.3 Å². The third-order valence-corrected chi connectivity index (χ3v) is 6.41. The number of nitrogens with one attached hydrogen (secondary N) is 1. The number of aromatic nitrogens is 2. The van der Waals surface area contributed by atoms with Gasteiger partial charge in [0.2, 0.25) is 0 Å². The number of thiophene rings is 1. The zero-order chi connectivity index (χ0) is 19.7. The van der Waals surface area contributed by atoms with Crippen molar-refractivity contribution in [3.63, 3.8) is 0 Å². The predicted octanol–water partition coefficient (Wildman–Crippen LogP) is 3.70. The van der Waals surface area contributed by atoms with Crippen LogP contribution >= 0.6 is 22.9 Å². The van der Waals surface area contributed by atoms with Crippen LogP contribution in [0, 0.1) is 0 Å². The molecule has 0 bridgehead atoms. The second-order valence-electron chi connectivity index (χ2n) is 6.81. The lowest BCUT2D eigenvalue weighted by atomic mass is 9.97. The Labute approximate surface area is 170 Å². The molecule has 1 aromatic carbocycles. The van der Waals surface area contributed by atoms with E-state index in [9.17, 15) is 9.59 Å². The van der Waals surface area contributed by atoms with Crippen molar-refractivity contribution in [2.24, 2.45) is 5.10 Å². The summed E-state index contributed by atoms with van der Waals surface area (Å²) in [6.45, 7) is 1.67. The molecule has 1 aliphatic rings. The monoisotopic (exact) mass is 414 g/mol. The number of amides is 1. The average molecular weight is 415 g/mol. The molecule has 1 atom stereocenters. The predicted molar refractivity (Wildman–Crippen MR) is 112 cm³/mol. The quantitative estimate of drug-likeness (QED) is 0.522. The number of hydrogen-bond donors (Lipinski definition) is 1. The zero-order valence-corrected chi connectivity index (χ0v) is 16.9. The molecule has 6 nitrogen and oxygen atoms in total. The summed E-state index contributed by atoms with van der Waals surface area (Å²) >= 11 is 7.44. The molecular weight excluding hydrogens is 396 g/mol. The van der Waals surface area contributed by atoms with Crippen LogP contribution in [0.25, 0.3) is 10.2 Å². The minimum absolute atomic E-state index is 0.159. The maximum atomic E-state index is 13.0. The van der Waals surface area contributed by atoms with E-state index in [1.165, 1.54) is 22.0 Å². The van der Waals surface area contributed by atoms with Gasteiger partial charge in [-0.1, -0.05) is 23.7 Å². The van der Waals surface area contributed by atoms with Crippen LogP contribution in [-0.4, -0.2) is 21.7 Å². The van der Waals surface area contributed by atoms with Gasteiger partial charge in [0.05, 0.1) is 17.9 Å². The largest absolute Gasteiger partial charge is 0.286 e. The number of nitrogens with zero attached hydrogens (tertiary/aromatic N) is 3. The van der Waals surface area contributed by atoms with Gasteiger partial charge < -0.3 is 0 Å². The second kappa shape index (κ2) is 7.85. The van der Waals surface area contributed by atoms with E-state index in [1.807, 2.05) is 0 Å². The Morgan fingerprint density at radius 1 is 1.32 bits per heavy atom. The molecule has 0 aliphatic heterocycles. The fraction of sp³-hybridized carbons (Fsp3) is 0.300. The minimum atomic E-state index is -0.717. The van der Waals surface area contributed by atoms with Gasteiger partial charge in [0.1, 0.15) is 10.9 Å². The molecule has 1 N–H and O–H groups in total. The van der Waals surface area contributed by atoms with Gasteiger partial charge in [-0.2, -0.15) is 5.10 Å². The molecule has 144 valence electrons. The molecule has 0 saturated carbocycles. The first-order chi connectivity index (χ1) is 13.5. The van der Waals surface area contributed by atoms with Crippen molar-refractivity contribution in [3.8, 4) is 0 Å². The summed E-state index contributed by atoms with van der Waals surface area (Å²) in [6, 6.07) is 6.36. The number of hydrazone groups is 1. The fourth-order valence-corrected chi connectivity index (χ4v) is 4.72. The SMILES string of the molecule is CC(C(=O)N/N=C/c1ccc(Cl)cc1)n1cnc2sc3c(c2c1=O)CCCC3. The molecule has 3 aromatic rings. The first kappa shape index (κ1) is 18.8. The Morgan fingerprint density at radius 2 is 2.07 bits per heavy atom. The van der Waals surface area contributed by atoms with E-state index in [0.717, 1.165) is 41.6 Å². The van der Waals surface area contributed by atoms with Crippen LogP contribution in [0.5, 0.6) is 0 Å². The fourth-order valence-electron chi connectivity index (χ4n) is 3.37. The van der Waals surface area contributed by atoms with Crippen molar-refractivity contribution in [1.29, 1.82) is 0 Å². The van der Waals surface area contributed by atoms with Crippen LogP contribution in [0.15, 0.2) is 40.5 Å². The summed E-state index contributed by atoms with van der Waals surface area (Å²) in [6.07, 6.45) is 7.13. The van der Waals surface area contributed by atoms with Crippen molar-refractivity contribution in [3.05, 3.63) is 62.0 Å². The number of carbonyl (C=O) groups is 1. The summed E-state index contributed by atoms with van der Waals surface area (Å²) in [5.41, 5.74) is 4.25. The van der Waals surface area contributed by atoms with Gasteiger partial charge in [0, 0.05) is 9.90 Å². The van der Waals surface area contributed by atoms with Crippen molar-refractivity contribution in [1.82, 2.24) is 15.0 Å². The van der Waals surface area contributed by atoms with Gasteiger partial charge in [-0.25, -0.2) is 10.4 Å². The van der Waals surface area contributed by atoms with E-state index in [1.54, 1.807) is 42.5 Å². The molecule has 0 radical (unpaired) electrons. The van der Waals surface area contributed by atoms with Gasteiger partial charge in [0.15, 0.2) is 0 Å². The van der Waals surface area contributed by atoms with Crippen LogP contribution in [0.3, 0.4) is 0 Å². The van der Waals surface area contributed by atoms with E-state index < -0.39 is 6.04 Å². The molecule has 1 aliphatic carbocycles. The number of hydrogen-bond acceptors (Lipinski definition) is 5. The van der Waals surface area contributed by atoms with Gasteiger partial charge in [-0.05, 0) is 55.9 Å². The highest BCUT2D eigenvalue weighted by Gasteiger charge is 2.23. The molecule has 4 rings (SSSR count). The minimum Gasteiger partial charge on any atom is -0.286 e. The highest BCUT2D eigenvalue weighted by atomic mass is 35.5. The Balaban J connectivity index is 1.55. The summed E-state index contributed by atoms with van der Waals surface area (Å²) in [7, 11) is 0. The van der Waals surface area contributed by atoms with E-state index in [-0.39, 0.29) is 11.5 Å². The van der Waals surface area contributed by atoms with Gasteiger partial charge in [-0.15, -0.1) is 11.3 Å². The van der Waals surface area contributed by atoms with Crippen molar-refractivity contribution >= 4 is 45.3 Å². The third-order valence-electron chi connectivity index (χ3n) is 4.96. The Morgan fingerprint density at radius 3 is 2.86 bits per heavy atom. The molecule has 1 amide bonds. The molecule has 0 spiro atoms. The van der Waals surface area contributed by atoms with E-state index in [0.29, 0.717) is 10.4 Å². The molecule has 0 saturated heterocycles. The summed E-state index contributed by atoms with van der Waals surface area (Å²) in [5, 5.41) is 5.27. The van der Waals surface area contributed by atoms with Crippen LogP contribution in [0.4, 0.5) is 0 Å². The first-order valence-electron chi connectivity index (χ1n) is 9.14. The van der Waals surface area contributed by atoms with Crippen LogP contribution in [0.1, 0.15) is 41.8 Å². The summed E-state index contributed by atoms with van der Waals surface area (Å²) in [5.74, 6) is -0.377. The highest BCUT2D eigenvalue weighted by Crippen LogP contribution is 2.33. The van der Waals surface area contributed by atoms with Gasteiger partial charge in [0.25, 0.3) is 11.5 Å². The van der Waals surface area contributed by atoms with Crippen molar-refractivity contribution < 1.29 is 4.79 Å². The molecule has 2 aromatic heterocycles. The van der Waals surface area contributed by atoms with Crippen LogP contribution in [0.2, 0.25) is 5.02 Å². The maximum absolute atomic E-state index is 13.0. The number of rotatable bonds is 4. The van der Waals surface area contributed by atoms with Gasteiger partial charge in [-0.3, -0.25) is 14.2 Å². The van der Waals surface area contributed by atoms with Crippen LogP contribution in [-0.2, 0) is 17.6 Å². The lowest BCUT2D eigenvalue weighted by Gasteiger charge is -2.14. The summed E-state index contributed by atoms with van der Waals surface area (Å²) < 4.78 is 1.39. The van der Waals surface area contributed by atoms with E-state index >= 15 is 0 Å². The van der Waals surface area contributed by atoms with E-state index in [2.05, 4.69) is 15.5 Å². The maximum Gasteiger partial charge on any atom is 0.263 e. The number of carbonyl (C=O) groups excluding carboxylic acids is 1. The van der Waals surface area contributed by atoms with Crippen molar-refractivity contribution in [2.75, 3.05) is 0 Å². The lowest BCUT2D eigenvalue weighted by Crippen LogP contribution is -2.34. The Hall–Kier alpha value is -2.51. The van der Waals surface area contributed by atoms with Crippen molar-refractivity contribution in [2.45, 2.75) is 38.6 Å². The highest BCUT2D eigenvalue weighted by molar-refractivity contribution is 7.18. The smallest absolute Gasteiger partial charge is 0.263 e. The average Bonchev–Trinajstić information content (AvgIpc) is 3.08. The standard InChI is InChI=1S/C20H19ClN4O2S/c1-12(18(26)24-23-10-13-6-8-14(21)9-7-13)25-11-22-19-17(20(25)27)15-4-2-3-5-16(15)28-19/h6-12H,2-5H2,1H3,(H,24,26)/b23-10+. The number of fused-ring (bicyclic) bond motifs is 3. The Bertz CT molecular complexity index is 1120. The second-order valence-corrected chi connectivity index (χ2v) is 8.33. The molecular formula is C20H19ClN4O2S. The Kier molecular flexibility index (Phi) is 5.28. The third kappa shape index (κ3) is 3.59. The number of benzene rings is 1. The molecule has 0 fully saturated rings. The molecule has 2 heterocycles. The normalized spacial score (nSPS) is 14.9. The zero-order valence-electron chi connectivity index (χ0n) is 15.3. The van der Waals surface area contributed by atoms with Gasteiger partial charge >= 0.3 is 0 Å².